The number of aromatic nitrogens is 1. The molecule has 0 unspecified atom stereocenters. The first-order valence-electron chi connectivity index (χ1n) is 9.66. The molecular formula is C21H24ClNO5S. The molecule has 1 aliphatic heterocycles. The normalized spacial score (nSPS) is 30.2. The van der Waals surface area contributed by atoms with Crippen LogP contribution in [0.1, 0.15) is 45.9 Å². The predicted molar refractivity (Wildman–Crippen MR) is 110 cm³/mol. The van der Waals surface area contributed by atoms with Crippen molar-refractivity contribution in [2.45, 2.75) is 55.7 Å². The fraction of sp³-hybridized carbons (Fsp3) is 0.476. The number of ether oxygens (including phenoxy) is 1. The first kappa shape index (κ1) is 20.9. The van der Waals surface area contributed by atoms with Crippen LogP contribution in [0.4, 0.5) is 0 Å². The Hall–Kier alpha value is -1.32. The summed E-state index contributed by atoms with van der Waals surface area (Å²) >= 11 is 8.09. The minimum Gasteiger partial charge on any atom is -0.394 e. The third-order valence-electron chi connectivity index (χ3n) is 5.58. The second kappa shape index (κ2) is 8.81. The molecule has 1 aliphatic carbocycles. The fourth-order valence-electron chi connectivity index (χ4n) is 3.88. The molecule has 2 aromatic rings. The van der Waals surface area contributed by atoms with Crippen LogP contribution >= 0.6 is 22.9 Å². The van der Waals surface area contributed by atoms with E-state index in [2.05, 4.69) is 17.1 Å². The van der Waals surface area contributed by atoms with Gasteiger partial charge in [-0.05, 0) is 30.0 Å². The molecule has 0 amide bonds. The molecule has 6 nitrogen and oxygen atoms in total. The van der Waals surface area contributed by atoms with Crippen LogP contribution in [-0.2, 0) is 11.2 Å². The van der Waals surface area contributed by atoms with Crippen LogP contribution in [0.5, 0.6) is 0 Å². The SMILES string of the molecule is OC[C@H]1O[C@@H](c2ccc(Cl)c(Cc3cnc(C4CC=CC4)s3)c2)[C@H](O)[C@@H](O)[C@@H]1O. The van der Waals surface area contributed by atoms with Crippen molar-refractivity contribution in [1.82, 2.24) is 4.98 Å². The molecule has 1 aromatic heterocycles. The van der Waals surface area contributed by atoms with Crippen LogP contribution in [0, 0.1) is 0 Å². The van der Waals surface area contributed by atoms with E-state index in [9.17, 15) is 20.4 Å². The molecule has 29 heavy (non-hydrogen) atoms. The van der Waals surface area contributed by atoms with Gasteiger partial charge in [0.1, 0.15) is 30.5 Å². The number of nitrogens with zero attached hydrogens (tertiary/aromatic N) is 1. The van der Waals surface area contributed by atoms with Crippen molar-refractivity contribution < 1.29 is 25.2 Å². The maximum Gasteiger partial charge on any atom is 0.113 e. The van der Waals surface area contributed by atoms with Gasteiger partial charge in [0.05, 0.1) is 11.6 Å². The van der Waals surface area contributed by atoms with Crippen molar-refractivity contribution in [3.63, 3.8) is 0 Å². The van der Waals surface area contributed by atoms with Gasteiger partial charge in [-0.2, -0.15) is 0 Å². The molecule has 2 heterocycles. The molecule has 4 rings (SSSR count). The first-order valence-corrected chi connectivity index (χ1v) is 10.9. The lowest BCUT2D eigenvalue weighted by Gasteiger charge is -2.40. The Kier molecular flexibility index (Phi) is 6.36. The smallest absolute Gasteiger partial charge is 0.113 e. The quantitative estimate of drug-likeness (QED) is 0.535. The Morgan fingerprint density at radius 3 is 2.59 bits per heavy atom. The highest BCUT2D eigenvalue weighted by molar-refractivity contribution is 7.11. The lowest BCUT2D eigenvalue weighted by atomic mass is 9.90. The van der Waals surface area contributed by atoms with Crippen LogP contribution < -0.4 is 0 Å². The summed E-state index contributed by atoms with van der Waals surface area (Å²) in [5, 5.41) is 41.6. The van der Waals surface area contributed by atoms with Crippen LogP contribution in [0.3, 0.4) is 0 Å². The summed E-state index contributed by atoms with van der Waals surface area (Å²) in [6, 6.07) is 5.29. The molecule has 156 valence electrons. The third kappa shape index (κ3) is 4.27. The van der Waals surface area contributed by atoms with Crippen molar-refractivity contribution in [2.24, 2.45) is 0 Å². The summed E-state index contributed by atoms with van der Waals surface area (Å²) in [6.45, 7) is -0.457. The molecule has 1 aromatic carbocycles. The maximum atomic E-state index is 10.4. The molecule has 0 bridgehead atoms. The zero-order chi connectivity index (χ0) is 20.5. The van der Waals surface area contributed by atoms with E-state index >= 15 is 0 Å². The number of allylic oxidation sites excluding steroid dienone is 2. The van der Waals surface area contributed by atoms with E-state index in [1.165, 1.54) is 0 Å². The molecule has 4 N–H and O–H groups in total. The van der Waals surface area contributed by atoms with Crippen molar-refractivity contribution in [3.8, 4) is 0 Å². The third-order valence-corrected chi connectivity index (χ3v) is 7.11. The van der Waals surface area contributed by atoms with Gasteiger partial charge in [0.15, 0.2) is 0 Å². The van der Waals surface area contributed by atoms with E-state index in [4.69, 9.17) is 16.3 Å². The largest absolute Gasteiger partial charge is 0.394 e. The van der Waals surface area contributed by atoms with Gasteiger partial charge in [-0.3, -0.25) is 0 Å². The average Bonchev–Trinajstić information content (AvgIpc) is 3.40. The van der Waals surface area contributed by atoms with Crippen molar-refractivity contribution in [1.29, 1.82) is 0 Å². The summed E-state index contributed by atoms with van der Waals surface area (Å²) in [4.78, 5) is 5.67. The van der Waals surface area contributed by atoms with E-state index < -0.39 is 37.1 Å². The van der Waals surface area contributed by atoms with Gasteiger partial charge in [-0.15, -0.1) is 11.3 Å². The summed E-state index contributed by atoms with van der Waals surface area (Å²) in [6.07, 6.45) is 3.00. The number of rotatable bonds is 5. The molecule has 5 atom stereocenters. The Balaban J connectivity index is 1.54. The Bertz CT molecular complexity index is 878. The van der Waals surface area contributed by atoms with Gasteiger partial charge >= 0.3 is 0 Å². The molecule has 0 spiro atoms. The topological polar surface area (TPSA) is 103 Å². The van der Waals surface area contributed by atoms with Gasteiger partial charge in [-0.25, -0.2) is 4.98 Å². The van der Waals surface area contributed by atoms with E-state index in [1.807, 2.05) is 12.3 Å². The van der Waals surface area contributed by atoms with Crippen molar-refractivity contribution in [3.05, 3.63) is 62.6 Å². The number of hydrogen-bond donors (Lipinski definition) is 4. The average molecular weight is 438 g/mol. The first-order chi connectivity index (χ1) is 14.0. The molecule has 0 saturated carbocycles. The molecule has 8 heteroatoms. The standard InChI is InChI=1S/C21H24ClNO5S/c22-15-6-5-12(20-19(27)18(26)17(25)16(10-24)28-20)7-13(15)8-14-9-23-21(29-14)11-3-1-2-4-11/h1-2,5-7,9,11,16-20,24-27H,3-4,8,10H2/t16-,17-,18+,19-,20+/m1/s1. The highest BCUT2D eigenvalue weighted by Crippen LogP contribution is 2.36. The number of halogens is 1. The zero-order valence-corrected chi connectivity index (χ0v) is 17.3. The lowest BCUT2D eigenvalue weighted by molar-refractivity contribution is -0.231. The van der Waals surface area contributed by atoms with Crippen molar-refractivity contribution in [2.75, 3.05) is 6.61 Å². The van der Waals surface area contributed by atoms with Crippen LogP contribution in [0.15, 0.2) is 36.5 Å². The number of benzene rings is 1. The summed E-state index contributed by atoms with van der Waals surface area (Å²) in [5.41, 5.74) is 1.49. The van der Waals surface area contributed by atoms with E-state index in [-0.39, 0.29) is 0 Å². The minimum atomic E-state index is -1.41. The molecule has 1 fully saturated rings. The Morgan fingerprint density at radius 1 is 1.10 bits per heavy atom. The number of aliphatic hydroxyl groups excluding tert-OH is 4. The highest BCUT2D eigenvalue weighted by Gasteiger charge is 2.44. The summed E-state index contributed by atoms with van der Waals surface area (Å²) < 4.78 is 5.66. The second-order valence-corrected chi connectivity index (χ2v) is 9.14. The molecule has 0 radical (unpaired) electrons. The van der Waals surface area contributed by atoms with Crippen molar-refractivity contribution >= 4 is 22.9 Å². The van der Waals surface area contributed by atoms with Crippen LogP contribution in [0.25, 0.3) is 0 Å². The fourth-order valence-corrected chi connectivity index (χ4v) is 5.13. The number of hydrogen-bond acceptors (Lipinski definition) is 7. The van der Waals surface area contributed by atoms with Gasteiger partial charge in [0.25, 0.3) is 0 Å². The summed E-state index contributed by atoms with van der Waals surface area (Å²) in [7, 11) is 0. The molecular weight excluding hydrogens is 414 g/mol. The van der Waals surface area contributed by atoms with Gasteiger partial charge < -0.3 is 25.2 Å². The number of aliphatic hydroxyl groups is 4. The molecule has 2 aliphatic rings. The molecule has 1 saturated heterocycles. The van der Waals surface area contributed by atoms with E-state index in [1.54, 1.807) is 23.5 Å². The minimum absolute atomic E-state index is 0.457. The van der Waals surface area contributed by atoms with Crippen LogP contribution in [-0.4, -0.2) is 56.4 Å². The van der Waals surface area contributed by atoms with Gasteiger partial charge in [0.2, 0.25) is 0 Å². The predicted octanol–water partition coefficient (Wildman–Crippen LogP) is 2.34. The van der Waals surface area contributed by atoms with E-state index in [0.29, 0.717) is 22.9 Å². The summed E-state index contributed by atoms with van der Waals surface area (Å²) in [5.74, 6) is 0.463. The zero-order valence-electron chi connectivity index (χ0n) is 15.7. The maximum absolute atomic E-state index is 10.4. The highest BCUT2D eigenvalue weighted by atomic mass is 35.5. The Morgan fingerprint density at radius 2 is 1.86 bits per heavy atom. The Labute approximate surface area is 178 Å². The lowest BCUT2D eigenvalue weighted by Crippen LogP contribution is -2.55. The van der Waals surface area contributed by atoms with E-state index in [0.717, 1.165) is 28.3 Å². The number of thiazole rings is 1. The second-order valence-electron chi connectivity index (χ2n) is 7.58. The van der Waals surface area contributed by atoms with Gasteiger partial charge in [-0.1, -0.05) is 35.9 Å². The van der Waals surface area contributed by atoms with Crippen LogP contribution in [0.2, 0.25) is 5.02 Å². The van der Waals surface area contributed by atoms with Gasteiger partial charge in [0, 0.05) is 28.4 Å². The monoisotopic (exact) mass is 437 g/mol.